The number of allylic oxidation sites excluding steroid dienone is 1. The highest BCUT2D eigenvalue weighted by atomic mass is 14.1. The van der Waals surface area contributed by atoms with E-state index in [0.29, 0.717) is 5.92 Å². The lowest BCUT2D eigenvalue weighted by Gasteiger charge is -2.14. The number of rotatable bonds is 4. The van der Waals surface area contributed by atoms with Gasteiger partial charge in [0.25, 0.3) is 0 Å². The molecule has 0 aromatic heterocycles. The van der Waals surface area contributed by atoms with E-state index >= 15 is 0 Å². The van der Waals surface area contributed by atoms with Gasteiger partial charge in [0.1, 0.15) is 0 Å². The van der Waals surface area contributed by atoms with Crippen molar-refractivity contribution in [3.8, 4) is 0 Å². The van der Waals surface area contributed by atoms with Crippen LogP contribution in [-0.4, -0.2) is 0 Å². The smallest absolute Gasteiger partial charge is 0.00256 e. The van der Waals surface area contributed by atoms with Crippen molar-refractivity contribution in [2.75, 3.05) is 0 Å². The van der Waals surface area contributed by atoms with Gasteiger partial charge in [-0.1, -0.05) is 75.0 Å². The van der Waals surface area contributed by atoms with E-state index in [1.165, 1.54) is 22.3 Å². The van der Waals surface area contributed by atoms with Crippen molar-refractivity contribution in [2.45, 2.75) is 26.2 Å². The van der Waals surface area contributed by atoms with Crippen LogP contribution in [0.4, 0.5) is 0 Å². The van der Waals surface area contributed by atoms with E-state index in [4.69, 9.17) is 0 Å². The predicted octanol–water partition coefficient (Wildman–Crippen LogP) is 5.07. The number of hydrogen-bond acceptors (Lipinski definition) is 0. The van der Waals surface area contributed by atoms with Crippen LogP contribution in [0.5, 0.6) is 0 Å². The topological polar surface area (TPSA) is 0 Å². The lowest BCUT2D eigenvalue weighted by molar-refractivity contribution is 0.861. The van der Waals surface area contributed by atoms with E-state index in [0.717, 1.165) is 6.42 Å². The van der Waals surface area contributed by atoms with Crippen LogP contribution in [0.1, 0.15) is 36.5 Å². The van der Waals surface area contributed by atoms with Gasteiger partial charge in [0.15, 0.2) is 0 Å². The fraction of sp³-hybridized carbons (Fsp3) is 0.222. The Hall–Kier alpha value is -1.82. The maximum absolute atomic E-state index is 4.26. The Morgan fingerprint density at radius 3 is 2.22 bits per heavy atom. The first kappa shape index (κ1) is 12.6. The number of hydrogen-bond donors (Lipinski definition) is 0. The van der Waals surface area contributed by atoms with E-state index in [9.17, 15) is 0 Å². The van der Waals surface area contributed by atoms with Crippen LogP contribution in [0.15, 0.2) is 61.2 Å². The molecule has 0 unspecified atom stereocenters. The Balaban J connectivity index is 2.24. The van der Waals surface area contributed by atoms with Crippen molar-refractivity contribution in [1.29, 1.82) is 0 Å². The van der Waals surface area contributed by atoms with Gasteiger partial charge < -0.3 is 0 Å². The normalized spacial score (nSPS) is 10.6. The molecule has 0 aliphatic heterocycles. The van der Waals surface area contributed by atoms with Gasteiger partial charge in [0, 0.05) is 0 Å². The van der Waals surface area contributed by atoms with Crippen LogP contribution >= 0.6 is 0 Å². The molecular formula is C18H20. The molecule has 0 bridgehead atoms. The molecule has 0 spiro atoms. The molecule has 0 atom stereocenters. The highest BCUT2D eigenvalue weighted by Crippen LogP contribution is 2.26. The highest BCUT2D eigenvalue weighted by Gasteiger charge is 2.08. The van der Waals surface area contributed by atoms with Gasteiger partial charge in [-0.25, -0.2) is 0 Å². The zero-order chi connectivity index (χ0) is 13.0. The standard InChI is InChI=1S/C18H20/c1-14(2)17-11-7-8-12-18(17)15(3)13-16-9-5-4-6-10-16/h4-12,14H,3,13H2,1-2H3. The minimum atomic E-state index is 0.536. The van der Waals surface area contributed by atoms with Crippen LogP contribution in [0.2, 0.25) is 0 Å². The molecule has 0 aliphatic carbocycles. The lowest BCUT2D eigenvalue weighted by atomic mass is 9.90. The third kappa shape index (κ3) is 2.89. The van der Waals surface area contributed by atoms with E-state index in [2.05, 4.69) is 69.0 Å². The third-order valence-corrected chi connectivity index (χ3v) is 3.22. The first-order chi connectivity index (χ1) is 8.68. The molecule has 0 fully saturated rings. The van der Waals surface area contributed by atoms with Crippen LogP contribution in [0, 0.1) is 0 Å². The molecular weight excluding hydrogens is 216 g/mol. The maximum Gasteiger partial charge on any atom is -0.00256 e. The largest absolute Gasteiger partial charge is 0.0949 e. The van der Waals surface area contributed by atoms with Gasteiger partial charge in [0.05, 0.1) is 0 Å². The Labute approximate surface area is 110 Å². The van der Waals surface area contributed by atoms with Crippen LogP contribution in [0.25, 0.3) is 5.57 Å². The maximum atomic E-state index is 4.26. The molecule has 0 heteroatoms. The molecule has 0 aliphatic rings. The minimum absolute atomic E-state index is 0.536. The summed E-state index contributed by atoms with van der Waals surface area (Å²) in [6, 6.07) is 19.1. The third-order valence-electron chi connectivity index (χ3n) is 3.22. The summed E-state index contributed by atoms with van der Waals surface area (Å²) in [6.45, 7) is 8.72. The molecule has 0 heterocycles. The Bertz CT molecular complexity index is 521. The van der Waals surface area contributed by atoms with Crippen LogP contribution < -0.4 is 0 Å². The second-order valence-corrected chi connectivity index (χ2v) is 5.01. The molecule has 18 heavy (non-hydrogen) atoms. The van der Waals surface area contributed by atoms with Crippen LogP contribution in [-0.2, 0) is 6.42 Å². The second-order valence-electron chi connectivity index (χ2n) is 5.01. The lowest BCUT2D eigenvalue weighted by Crippen LogP contribution is -1.97. The van der Waals surface area contributed by atoms with Crippen LogP contribution in [0.3, 0.4) is 0 Å². The highest BCUT2D eigenvalue weighted by molar-refractivity contribution is 5.68. The van der Waals surface area contributed by atoms with Crippen molar-refractivity contribution < 1.29 is 0 Å². The molecule has 92 valence electrons. The van der Waals surface area contributed by atoms with Gasteiger partial charge in [0.2, 0.25) is 0 Å². The van der Waals surface area contributed by atoms with E-state index in [1.807, 2.05) is 6.07 Å². The molecule has 0 nitrogen and oxygen atoms in total. The molecule has 2 aromatic rings. The molecule has 2 rings (SSSR count). The van der Waals surface area contributed by atoms with Crippen molar-refractivity contribution in [3.63, 3.8) is 0 Å². The quantitative estimate of drug-likeness (QED) is 0.695. The van der Waals surface area contributed by atoms with Gasteiger partial charge in [-0.2, -0.15) is 0 Å². The summed E-state index contributed by atoms with van der Waals surface area (Å²) in [7, 11) is 0. The Kier molecular flexibility index (Phi) is 3.99. The summed E-state index contributed by atoms with van der Waals surface area (Å²) in [4.78, 5) is 0. The fourth-order valence-corrected chi connectivity index (χ4v) is 2.26. The average Bonchev–Trinajstić information content (AvgIpc) is 2.40. The molecule has 0 amide bonds. The second kappa shape index (κ2) is 5.68. The predicted molar refractivity (Wildman–Crippen MR) is 79.7 cm³/mol. The summed E-state index contributed by atoms with van der Waals surface area (Å²) in [5, 5.41) is 0. The fourth-order valence-electron chi connectivity index (χ4n) is 2.26. The molecule has 0 radical (unpaired) electrons. The van der Waals surface area contributed by atoms with Gasteiger partial charge in [-0.15, -0.1) is 0 Å². The minimum Gasteiger partial charge on any atom is -0.0949 e. The van der Waals surface area contributed by atoms with Crippen molar-refractivity contribution in [2.24, 2.45) is 0 Å². The van der Waals surface area contributed by atoms with Gasteiger partial charge >= 0.3 is 0 Å². The summed E-state index contributed by atoms with van der Waals surface area (Å²) < 4.78 is 0. The SMILES string of the molecule is C=C(Cc1ccccc1)c1ccccc1C(C)C. The first-order valence-electron chi connectivity index (χ1n) is 6.49. The summed E-state index contributed by atoms with van der Waals surface area (Å²) >= 11 is 0. The summed E-state index contributed by atoms with van der Waals surface area (Å²) in [5.41, 5.74) is 5.21. The molecule has 0 N–H and O–H groups in total. The van der Waals surface area contributed by atoms with E-state index in [-0.39, 0.29) is 0 Å². The number of benzene rings is 2. The van der Waals surface area contributed by atoms with Crippen molar-refractivity contribution in [1.82, 2.24) is 0 Å². The van der Waals surface area contributed by atoms with Gasteiger partial charge in [-0.05, 0) is 34.6 Å². The van der Waals surface area contributed by atoms with Gasteiger partial charge in [-0.3, -0.25) is 0 Å². The Morgan fingerprint density at radius 1 is 0.944 bits per heavy atom. The monoisotopic (exact) mass is 236 g/mol. The van der Waals surface area contributed by atoms with Crippen molar-refractivity contribution in [3.05, 3.63) is 77.9 Å². The van der Waals surface area contributed by atoms with E-state index < -0.39 is 0 Å². The average molecular weight is 236 g/mol. The zero-order valence-corrected chi connectivity index (χ0v) is 11.2. The molecule has 2 aromatic carbocycles. The summed E-state index contributed by atoms with van der Waals surface area (Å²) in [6.07, 6.45) is 0.921. The van der Waals surface area contributed by atoms with E-state index in [1.54, 1.807) is 0 Å². The first-order valence-corrected chi connectivity index (χ1v) is 6.49. The Morgan fingerprint density at radius 2 is 1.56 bits per heavy atom. The zero-order valence-electron chi connectivity index (χ0n) is 11.2. The molecule has 0 saturated carbocycles. The van der Waals surface area contributed by atoms with Crippen molar-refractivity contribution >= 4 is 5.57 Å². The molecule has 0 saturated heterocycles. The summed E-state index contributed by atoms with van der Waals surface area (Å²) in [5.74, 6) is 0.536.